The maximum absolute atomic E-state index is 12.9. The zero-order valence-electron chi connectivity index (χ0n) is 22.4. The quantitative estimate of drug-likeness (QED) is 0.519. The van der Waals surface area contributed by atoms with Gasteiger partial charge in [0.2, 0.25) is 11.9 Å². The Bertz CT molecular complexity index is 1070. The van der Waals surface area contributed by atoms with Crippen LogP contribution < -0.4 is 9.64 Å². The summed E-state index contributed by atoms with van der Waals surface area (Å²) in [7, 11) is 0. The Morgan fingerprint density at radius 2 is 1.74 bits per heavy atom. The van der Waals surface area contributed by atoms with E-state index in [1.807, 2.05) is 17.3 Å². The first-order valence-corrected chi connectivity index (χ1v) is 14.0. The third-order valence-electron chi connectivity index (χ3n) is 8.32. The Hall–Kier alpha value is -2.64. The smallest absolute Gasteiger partial charge is 0.226 e. The number of allylic oxidation sites excluding steroid dienone is 2. The highest BCUT2D eigenvalue weighted by Crippen LogP contribution is 2.33. The highest BCUT2D eigenvalue weighted by atomic mass is 35.5. The number of amides is 1. The predicted octanol–water partition coefficient (Wildman–Crippen LogP) is 4.78. The van der Waals surface area contributed by atoms with Gasteiger partial charge in [0.15, 0.2) is 0 Å². The SMILES string of the molecule is CCc1cnc(N2CCC(COc3ccc(C4=CCC(C(=O)N5CC[C@@H](CO)C5)CC4)cc3)CC2)nc1.Cl. The fraction of sp³-hybridized carbons (Fsp3) is 0.567. The lowest BCUT2D eigenvalue weighted by Crippen LogP contribution is -2.36. The molecule has 1 aliphatic carbocycles. The summed E-state index contributed by atoms with van der Waals surface area (Å²) >= 11 is 0. The molecule has 2 atom stereocenters. The number of likely N-dealkylation sites (tertiary alicyclic amines) is 1. The number of rotatable bonds is 8. The molecule has 3 aliphatic rings. The molecule has 3 heterocycles. The van der Waals surface area contributed by atoms with Crippen molar-refractivity contribution in [2.45, 2.75) is 51.9 Å². The van der Waals surface area contributed by atoms with Crippen LogP contribution in [0.4, 0.5) is 5.95 Å². The molecule has 1 aromatic heterocycles. The van der Waals surface area contributed by atoms with Crippen LogP contribution in [0.5, 0.6) is 5.75 Å². The summed E-state index contributed by atoms with van der Waals surface area (Å²) in [4.78, 5) is 26.1. The Kier molecular flexibility index (Phi) is 10.0. The molecule has 206 valence electrons. The number of aryl methyl sites for hydroxylation is 1. The summed E-state index contributed by atoms with van der Waals surface area (Å²) in [6, 6.07) is 8.45. The molecular formula is C30H41ClN4O3. The average molecular weight is 541 g/mol. The highest BCUT2D eigenvalue weighted by Gasteiger charge is 2.31. The van der Waals surface area contributed by atoms with E-state index in [1.54, 1.807) is 0 Å². The van der Waals surface area contributed by atoms with Crippen LogP contribution in [-0.2, 0) is 11.2 Å². The molecule has 0 bridgehead atoms. The molecule has 1 N–H and O–H groups in total. The van der Waals surface area contributed by atoms with Crippen LogP contribution in [0.1, 0.15) is 56.6 Å². The molecule has 0 saturated carbocycles. The summed E-state index contributed by atoms with van der Waals surface area (Å²) < 4.78 is 6.15. The minimum absolute atomic E-state index is 0. The first-order chi connectivity index (χ1) is 18.1. The molecule has 8 heteroatoms. The van der Waals surface area contributed by atoms with Crippen molar-refractivity contribution in [2.24, 2.45) is 17.8 Å². The van der Waals surface area contributed by atoms with Crippen LogP contribution in [0, 0.1) is 17.8 Å². The van der Waals surface area contributed by atoms with Crippen molar-refractivity contribution in [1.82, 2.24) is 14.9 Å². The topological polar surface area (TPSA) is 78.8 Å². The van der Waals surface area contributed by atoms with Gasteiger partial charge in [-0.2, -0.15) is 0 Å². The van der Waals surface area contributed by atoms with E-state index in [0.29, 0.717) is 12.5 Å². The summed E-state index contributed by atoms with van der Waals surface area (Å²) in [6.07, 6.45) is 12.8. The highest BCUT2D eigenvalue weighted by molar-refractivity contribution is 5.85. The van der Waals surface area contributed by atoms with E-state index in [0.717, 1.165) is 82.9 Å². The number of carbonyl (C=O) groups is 1. The lowest BCUT2D eigenvalue weighted by Gasteiger charge is -2.31. The van der Waals surface area contributed by atoms with Gasteiger partial charge in [0.1, 0.15) is 5.75 Å². The molecule has 2 saturated heterocycles. The number of benzene rings is 1. The van der Waals surface area contributed by atoms with E-state index in [9.17, 15) is 9.90 Å². The number of aromatic nitrogens is 2. The number of aliphatic hydroxyl groups excluding tert-OH is 1. The second-order valence-electron chi connectivity index (χ2n) is 10.8. The van der Waals surface area contributed by atoms with Gasteiger partial charge in [-0.05, 0) is 79.7 Å². The largest absolute Gasteiger partial charge is 0.493 e. The van der Waals surface area contributed by atoms with Crippen molar-refractivity contribution in [3.8, 4) is 5.75 Å². The number of piperidine rings is 1. The first-order valence-electron chi connectivity index (χ1n) is 14.0. The third kappa shape index (κ3) is 6.86. The van der Waals surface area contributed by atoms with Crippen molar-refractivity contribution in [1.29, 1.82) is 0 Å². The maximum Gasteiger partial charge on any atom is 0.226 e. The van der Waals surface area contributed by atoms with Crippen molar-refractivity contribution >= 4 is 29.8 Å². The van der Waals surface area contributed by atoms with Crippen LogP contribution in [0.15, 0.2) is 42.7 Å². The van der Waals surface area contributed by atoms with Gasteiger partial charge in [0.25, 0.3) is 0 Å². The Morgan fingerprint density at radius 3 is 2.34 bits per heavy atom. The molecule has 1 aromatic carbocycles. The van der Waals surface area contributed by atoms with Gasteiger partial charge in [-0.25, -0.2) is 9.97 Å². The monoisotopic (exact) mass is 540 g/mol. The van der Waals surface area contributed by atoms with Crippen LogP contribution >= 0.6 is 12.4 Å². The fourth-order valence-corrected chi connectivity index (χ4v) is 5.73. The van der Waals surface area contributed by atoms with Crippen LogP contribution in [0.25, 0.3) is 5.57 Å². The lowest BCUT2D eigenvalue weighted by atomic mass is 9.86. The van der Waals surface area contributed by atoms with Gasteiger partial charge in [-0.3, -0.25) is 4.79 Å². The molecular weight excluding hydrogens is 500 g/mol. The van der Waals surface area contributed by atoms with Gasteiger partial charge in [0.05, 0.1) is 6.61 Å². The summed E-state index contributed by atoms with van der Waals surface area (Å²) in [5.74, 6) is 2.91. The fourth-order valence-electron chi connectivity index (χ4n) is 5.73. The van der Waals surface area contributed by atoms with Crippen molar-refractivity contribution in [3.05, 3.63) is 53.9 Å². The van der Waals surface area contributed by atoms with Crippen LogP contribution in [0.3, 0.4) is 0 Å². The summed E-state index contributed by atoms with van der Waals surface area (Å²) in [5.41, 5.74) is 3.72. The van der Waals surface area contributed by atoms with Crippen LogP contribution in [0.2, 0.25) is 0 Å². The van der Waals surface area contributed by atoms with Crippen molar-refractivity contribution in [2.75, 3.05) is 44.3 Å². The number of halogens is 1. The molecule has 7 nitrogen and oxygen atoms in total. The summed E-state index contributed by atoms with van der Waals surface area (Å²) in [6.45, 7) is 6.48. The zero-order valence-corrected chi connectivity index (χ0v) is 23.2. The van der Waals surface area contributed by atoms with E-state index in [4.69, 9.17) is 4.74 Å². The van der Waals surface area contributed by atoms with Gasteiger partial charge in [0, 0.05) is 57.0 Å². The molecule has 0 spiro atoms. The number of hydrogen-bond acceptors (Lipinski definition) is 6. The van der Waals surface area contributed by atoms with Crippen molar-refractivity contribution in [3.63, 3.8) is 0 Å². The first kappa shape index (κ1) is 28.4. The number of carbonyl (C=O) groups excluding carboxylic acids is 1. The number of anilines is 1. The Balaban J connectivity index is 0.00000336. The van der Waals surface area contributed by atoms with E-state index in [-0.39, 0.29) is 36.8 Å². The van der Waals surface area contributed by atoms with Crippen LogP contribution in [-0.4, -0.2) is 65.3 Å². The molecule has 1 amide bonds. The van der Waals surface area contributed by atoms with Crippen molar-refractivity contribution < 1.29 is 14.6 Å². The van der Waals surface area contributed by atoms with Gasteiger partial charge < -0.3 is 19.6 Å². The number of nitrogens with zero attached hydrogens (tertiary/aromatic N) is 4. The van der Waals surface area contributed by atoms with E-state index in [1.165, 1.54) is 16.7 Å². The van der Waals surface area contributed by atoms with E-state index in [2.05, 4.69) is 52.1 Å². The molecule has 1 unspecified atom stereocenters. The number of hydrogen-bond donors (Lipinski definition) is 1. The Morgan fingerprint density at radius 1 is 1.03 bits per heavy atom. The second-order valence-corrected chi connectivity index (χ2v) is 10.8. The molecule has 5 rings (SSSR count). The number of ether oxygens (including phenoxy) is 1. The second kappa shape index (κ2) is 13.4. The molecule has 38 heavy (non-hydrogen) atoms. The normalized spacial score (nSPS) is 22.1. The van der Waals surface area contributed by atoms with E-state index >= 15 is 0 Å². The number of aliphatic hydroxyl groups is 1. The minimum Gasteiger partial charge on any atom is -0.493 e. The zero-order chi connectivity index (χ0) is 25.6. The Labute approximate surface area is 232 Å². The standard InChI is InChI=1S/C30H40N4O3.ClH/c1-2-22-17-31-30(32-18-22)33-14-11-23(12-15-33)21-37-28-9-7-26(8-10-28)25-3-5-27(6-4-25)29(36)34-16-13-24(19-34)20-35;/h3,7-10,17-18,23-24,27,35H,2,4-6,11-16,19-21H2,1H3;1H/t24-,27?;/m1./s1. The lowest BCUT2D eigenvalue weighted by molar-refractivity contribution is -0.134. The molecule has 2 aliphatic heterocycles. The van der Waals surface area contributed by atoms with Gasteiger partial charge in [-0.15, -0.1) is 12.4 Å². The minimum atomic E-state index is 0. The van der Waals surface area contributed by atoms with Gasteiger partial charge in [-0.1, -0.05) is 25.1 Å². The van der Waals surface area contributed by atoms with Gasteiger partial charge >= 0.3 is 0 Å². The third-order valence-corrected chi connectivity index (χ3v) is 8.32. The average Bonchev–Trinajstić information content (AvgIpc) is 3.46. The maximum atomic E-state index is 12.9. The molecule has 0 radical (unpaired) electrons. The summed E-state index contributed by atoms with van der Waals surface area (Å²) in [5, 5.41) is 9.36. The predicted molar refractivity (Wildman–Crippen MR) is 153 cm³/mol. The van der Waals surface area contributed by atoms with E-state index < -0.39 is 0 Å². The molecule has 2 aromatic rings. The molecule has 2 fully saturated rings.